The Bertz CT molecular complexity index is 705. The summed E-state index contributed by atoms with van der Waals surface area (Å²) in [5.41, 5.74) is 0.636. The molecule has 0 spiro atoms. The highest BCUT2D eigenvalue weighted by atomic mass is 17.2. The Hall–Kier alpha value is -3.72. The molecule has 0 fully saturated rings. The van der Waals surface area contributed by atoms with Crippen LogP contribution in [-0.4, -0.2) is 34.2 Å². The van der Waals surface area contributed by atoms with Gasteiger partial charge in [-0.1, -0.05) is 36.4 Å². The van der Waals surface area contributed by atoms with Gasteiger partial charge in [-0.15, -0.1) is 0 Å². The summed E-state index contributed by atoms with van der Waals surface area (Å²) in [5.74, 6) is -3.45. The summed E-state index contributed by atoms with van der Waals surface area (Å²) in [4.78, 5) is 54.8. The van der Waals surface area contributed by atoms with E-state index in [2.05, 4.69) is 14.7 Å². The zero-order chi connectivity index (χ0) is 20.1. The second-order valence-corrected chi connectivity index (χ2v) is 4.83. The third-order valence-electron chi connectivity index (χ3n) is 2.86. The minimum absolute atomic E-state index is 0.300. The lowest BCUT2D eigenvalue weighted by molar-refractivity contribution is -0.234. The first-order valence-corrected chi connectivity index (χ1v) is 7.53. The highest BCUT2D eigenvalue weighted by Crippen LogP contribution is 2.05. The topological polar surface area (TPSA) is 136 Å². The molecule has 9 nitrogen and oxygen atoms in total. The average molecular weight is 376 g/mol. The molecule has 2 aromatic carbocycles. The molecule has 0 aliphatic heterocycles. The van der Waals surface area contributed by atoms with E-state index in [1.807, 2.05) is 0 Å². The van der Waals surface area contributed by atoms with Gasteiger partial charge in [0, 0.05) is 0 Å². The van der Waals surface area contributed by atoms with Gasteiger partial charge < -0.3 is 9.99 Å². The van der Waals surface area contributed by atoms with E-state index in [9.17, 15) is 19.2 Å². The van der Waals surface area contributed by atoms with Crippen molar-refractivity contribution >= 4 is 23.9 Å². The molecule has 2 N–H and O–H groups in total. The molecule has 27 heavy (non-hydrogen) atoms. The molecular weight excluding hydrogens is 360 g/mol. The Balaban J connectivity index is 0.000000345. The van der Waals surface area contributed by atoms with Crippen molar-refractivity contribution in [2.45, 2.75) is 12.8 Å². The van der Waals surface area contributed by atoms with Gasteiger partial charge in [0.1, 0.15) is 0 Å². The SMILES string of the molecule is O=C(O)CCC(=O)OO.O=C(OOC(=O)c1ccccc1)c1ccccc1. The van der Waals surface area contributed by atoms with Crippen LogP contribution in [0, 0.1) is 0 Å². The van der Waals surface area contributed by atoms with Gasteiger partial charge >= 0.3 is 23.9 Å². The highest BCUT2D eigenvalue weighted by molar-refractivity contribution is 5.92. The van der Waals surface area contributed by atoms with Crippen molar-refractivity contribution in [2.75, 3.05) is 0 Å². The van der Waals surface area contributed by atoms with Crippen molar-refractivity contribution in [3.05, 3.63) is 71.8 Å². The lowest BCUT2D eigenvalue weighted by atomic mass is 10.2. The molecular formula is C18H16O9. The first-order valence-electron chi connectivity index (χ1n) is 7.53. The first-order chi connectivity index (χ1) is 12.9. The number of aliphatic carboxylic acids is 1. The van der Waals surface area contributed by atoms with Crippen molar-refractivity contribution in [3.63, 3.8) is 0 Å². The standard InChI is InChI=1S/C14H10O4.C4H6O5/c15-13(11-7-3-1-4-8-11)17-18-14(16)12-9-5-2-6-10-12;5-3(6)1-2-4(7)9-8/h1-10H;8H,1-2H2,(H,5,6). The van der Waals surface area contributed by atoms with E-state index >= 15 is 0 Å². The number of rotatable bonds is 5. The number of carbonyl (C=O) groups is 4. The molecule has 0 unspecified atom stereocenters. The lowest BCUT2D eigenvalue weighted by Gasteiger charge is -2.02. The Kier molecular flexibility index (Phi) is 9.29. The predicted molar refractivity (Wildman–Crippen MR) is 89.3 cm³/mol. The largest absolute Gasteiger partial charge is 0.481 e. The highest BCUT2D eigenvalue weighted by Gasteiger charge is 2.13. The van der Waals surface area contributed by atoms with Crippen molar-refractivity contribution in [3.8, 4) is 0 Å². The Morgan fingerprint density at radius 3 is 1.44 bits per heavy atom. The van der Waals surface area contributed by atoms with Crippen LogP contribution in [0.3, 0.4) is 0 Å². The summed E-state index contributed by atoms with van der Waals surface area (Å²) in [6.07, 6.45) is -0.620. The van der Waals surface area contributed by atoms with E-state index in [-0.39, 0.29) is 12.8 Å². The first kappa shape index (κ1) is 21.3. The molecule has 9 heteroatoms. The average Bonchev–Trinajstić information content (AvgIpc) is 2.71. The van der Waals surface area contributed by atoms with Gasteiger partial charge in [-0.2, -0.15) is 5.26 Å². The fourth-order valence-electron chi connectivity index (χ4n) is 1.58. The minimum atomic E-state index is -1.10. The fraction of sp³-hybridized carbons (Fsp3) is 0.111. The van der Waals surface area contributed by atoms with Crippen LogP contribution in [0.5, 0.6) is 0 Å². The second kappa shape index (κ2) is 11.8. The third-order valence-corrected chi connectivity index (χ3v) is 2.86. The number of carboxylic acids is 1. The van der Waals surface area contributed by atoms with Crippen LogP contribution >= 0.6 is 0 Å². The maximum atomic E-state index is 11.5. The zero-order valence-electron chi connectivity index (χ0n) is 13.9. The molecule has 0 radical (unpaired) electrons. The Morgan fingerprint density at radius 2 is 1.11 bits per heavy atom. The van der Waals surface area contributed by atoms with Crippen LogP contribution in [0.1, 0.15) is 33.6 Å². The third kappa shape index (κ3) is 8.79. The van der Waals surface area contributed by atoms with E-state index < -0.39 is 23.9 Å². The number of carbonyl (C=O) groups excluding carboxylic acids is 3. The molecule has 0 aliphatic rings. The van der Waals surface area contributed by atoms with Gasteiger partial charge in [-0.3, -0.25) is 4.79 Å². The smallest absolute Gasteiger partial charge is 0.386 e. The van der Waals surface area contributed by atoms with Crippen LogP contribution in [-0.2, 0) is 24.3 Å². The number of benzene rings is 2. The van der Waals surface area contributed by atoms with Gasteiger partial charge in [0.25, 0.3) is 0 Å². The molecule has 0 saturated heterocycles. The van der Waals surface area contributed by atoms with Crippen LogP contribution in [0.2, 0.25) is 0 Å². The molecule has 0 heterocycles. The van der Waals surface area contributed by atoms with Gasteiger partial charge in [0.15, 0.2) is 0 Å². The van der Waals surface area contributed by atoms with Gasteiger partial charge in [0.2, 0.25) is 0 Å². The Morgan fingerprint density at radius 1 is 0.704 bits per heavy atom. The summed E-state index contributed by atoms with van der Waals surface area (Å²) in [7, 11) is 0. The van der Waals surface area contributed by atoms with Crippen molar-refractivity contribution in [1.29, 1.82) is 0 Å². The van der Waals surface area contributed by atoms with E-state index in [4.69, 9.17) is 10.4 Å². The van der Waals surface area contributed by atoms with E-state index in [0.717, 1.165) is 0 Å². The number of carboxylic acid groups (broad SMARTS) is 1. The van der Waals surface area contributed by atoms with Crippen LogP contribution < -0.4 is 0 Å². The summed E-state index contributed by atoms with van der Waals surface area (Å²) in [5, 5.41) is 15.6. The quantitative estimate of drug-likeness (QED) is 0.595. The molecule has 2 rings (SSSR count). The predicted octanol–water partition coefficient (Wildman–Crippen LogP) is 2.48. The monoisotopic (exact) mass is 376 g/mol. The molecule has 142 valence electrons. The van der Waals surface area contributed by atoms with Crippen molar-refractivity contribution < 1.29 is 44.2 Å². The lowest BCUT2D eigenvalue weighted by Crippen LogP contribution is -2.11. The normalized spacial score (nSPS) is 9.22. The maximum absolute atomic E-state index is 11.5. The van der Waals surface area contributed by atoms with Crippen LogP contribution in [0.4, 0.5) is 0 Å². The van der Waals surface area contributed by atoms with Crippen molar-refractivity contribution in [2.24, 2.45) is 0 Å². The van der Waals surface area contributed by atoms with Gasteiger partial charge in [-0.25, -0.2) is 24.2 Å². The van der Waals surface area contributed by atoms with Gasteiger partial charge in [-0.05, 0) is 24.3 Å². The Labute approximate surface area is 153 Å². The second-order valence-electron chi connectivity index (χ2n) is 4.83. The van der Waals surface area contributed by atoms with Crippen molar-refractivity contribution in [1.82, 2.24) is 0 Å². The zero-order valence-corrected chi connectivity index (χ0v) is 13.9. The van der Waals surface area contributed by atoms with Gasteiger partial charge in [0.05, 0.1) is 24.0 Å². The molecule has 0 aliphatic carbocycles. The van der Waals surface area contributed by atoms with E-state index in [1.54, 1.807) is 60.7 Å². The van der Waals surface area contributed by atoms with E-state index in [1.165, 1.54) is 0 Å². The molecule has 2 aromatic rings. The molecule has 0 amide bonds. The maximum Gasteiger partial charge on any atom is 0.386 e. The van der Waals surface area contributed by atoms with Crippen LogP contribution in [0.15, 0.2) is 60.7 Å². The molecule has 0 atom stereocenters. The summed E-state index contributed by atoms with van der Waals surface area (Å²) < 4.78 is 0. The molecule has 0 aromatic heterocycles. The number of hydrogen-bond donors (Lipinski definition) is 2. The molecule has 0 bridgehead atoms. The van der Waals surface area contributed by atoms with Crippen LogP contribution in [0.25, 0.3) is 0 Å². The summed E-state index contributed by atoms with van der Waals surface area (Å²) >= 11 is 0. The summed E-state index contributed by atoms with van der Waals surface area (Å²) in [6, 6.07) is 16.6. The summed E-state index contributed by atoms with van der Waals surface area (Å²) in [6.45, 7) is 0. The minimum Gasteiger partial charge on any atom is -0.481 e. The number of hydrogen-bond acceptors (Lipinski definition) is 8. The fourth-order valence-corrected chi connectivity index (χ4v) is 1.58. The van der Waals surface area contributed by atoms with E-state index in [0.29, 0.717) is 11.1 Å². The molecule has 0 saturated carbocycles.